The van der Waals surface area contributed by atoms with Crippen LogP contribution in [0.5, 0.6) is 0 Å². The highest BCUT2D eigenvalue weighted by atomic mass is 16.6. The highest BCUT2D eigenvalue weighted by Crippen LogP contribution is 2.35. The highest BCUT2D eigenvalue weighted by Gasteiger charge is 2.27. The number of carbonyl (C=O) groups excluding carboxylic acids is 4. The van der Waals surface area contributed by atoms with E-state index in [4.69, 9.17) is 18.9 Å². The molecule has 0 saturated heterocycles. The van der Waals surface area contributed by atoms with Crippen molar-refractivity contribution >= 4 is 35.5 Å². The van der Waals surface area contributed by atoms with Crippen LogP contribution >= 0.6 is 0 Å². The molecule has 44 heavy (non-hydrogen) atoms. The van der Waals surface area contributed by atoms with Crippen molar-refractivity contribution in [2.45, 2.75) is 54.6 Å². The van der Waals surface area contributed by atoms with E-state index in [1.807, 2.05) is 0 Å². The van der Waals surface area contributed by atoms with E-state index in [2.05, 4.69) is 20.6 Å². The average Bonchev–Trinajstić information content (AvgIpc) is 3.45. The number of anilines is 2. The van der Waals surface area contributed by atoms with Gasteiger partial charge in [-0.1, -0.05) is 0 Å². The molecule has 0 aromatic carbocycles. The number of aryl methyl sites for hydroxylation is 2. The molecule has 2 aromatic heterocycles. The van der Waals surface area contributed by atoms with Gasteiger partial charge in [0.2, 0.25) is 0 Å². The second-order valence-electron chi connectivity index (χ2n) is 8.75. The van der Waals surface area contributed by atoms with E-state index < -0.39 is 35.0 Å². The minimum atomic E-state index is -0.911. The van der Waals surface area contributed by atoms with E-state index in [-0.39, 0.29) is 75.8 Å². The summed E-state index contributed by atoms with van der Waals surface area (Å²) in [6, 6.07) is 0. The topological polar surface area (TPSA) is 205 Å². The third kappa shape index (κ3) is 8.67. The maximum Gasteiger partial charge on any atom is 0.347 e. The number of hydrogen-bond donors (Lipinski definition) is 4. The van der Waals surface area contributed by atoms with Crippen molar-refractivity contribution in [3.8, 4) is 11.4 Å². The Hall–Kier alpha value is -4.70. The molecule has 0 amide bonds. The smallest absolute Gasteiger partial charge is 0.347 e. The van der Waals surface area contributed by atoms with Gasteiger partial charge in [-0.05, 0) is 41.5 Å². The lowest BCUT2D eigenvalue weighted by Gasteiger charge is -2.13. The predicted octanol–water partition coefficient (Wildman–Crippen LogP) is 1.19. The zero-order chi connectivity index (χ0) is 32.8. The first-order valence-corrected chi connectivity index (χ1v) is 14.1. The van der Waals surface area contributed by atoms with Crippen LogP contribution < -0.4 is 10.6 Å². The number of esters is 4. The molecule has 242 valence electrons. The first kappa shape index (κ1) is 35.5. The lowest BCUT2D eigenvalue weighted by molar-refractivity contribution is -0.148. The quantitative estimate of drug-likeness (QED) is 0.0645. The van der Waals surface area contributed by atoms with Crippen LogP contribution in [0.15, 0.2) is 23.5 Å². The normalized spacial score (nSPS) is 10.5. The van der Waals surface area contributed by atoms with E-state index in [1.165, 1.54) is 0 Å². The van der Waals surface area contributed by atoms with Gasteiger partial charge in [0.15, 0.2) is 11.1 Å². The van der Waals surface area contributed by atoms with E-state index >= 15 is 0 Å². The first-order chi connectivity index (χ1) is 21.1. The molecule has 4 N–H and O–H groups in total. The molecule has 2 rings (SSSR count). The van der Waals surface area contributed by atoms with Crippen molar-refractivity contribution in [2.24, 2.45) is 0 Å². The molecular formula is C28H40N6O10. The number of nitrogens with one attached hydrogen (secondary N) is 2. The molecule has 0 saturated carbocycles. The summed E-state index contributed by atoms with van der Waals surface area (Å²) < 4.78 is 23.2. The number of aliphatic hydroxyl groups excluding tert-OH is 2. The highest BCUT2D eigenvalue weighted by molar-refractivity contribution is 6.15. The fourth-order valence-electron chi connectivity index (χ4n) is 4.02. The maximum atomic E-state index is 12.6. The van der Waals surface area contributed by atoms with Crippen molar-refractivity contribution in [3.63, 3.8) is 0 Å². The zero-order valence-electron chi connectivity index (χ0n) is 25.8. The monoisotopic (exact) mass is 620 g/mol. The van der Waals surface area contributed by atoms with Crippen LogP contribution in [-0.4, -0.2) is 92.8 Å². The largest absolute Gasteiger partial charge is 0.462 e. The van der Waals surface area contributed by atoms with Gasteiger partial charge >= 0.3 is 23.9 Å². The van der Waals surface area contributed by atoms with Crippen LogP contribution in [0.1, 0.15) is 39.3 Å². The van der Waals surface area contributed by atoms with Crippen molar-refractivity contribution in [1.29, 1.82) is 0 Å². The second kappa shape index (κ2) is 17.4. The number of nitrogens with zero attached hydrogens (tertiary/aromatic N) is 4. The Morgan fingerprint density at radius 3 is 1.18 bits per heavy atom. The van der Waals surface area contributed by atoms with Crippen molar-refractivity contribution in [2.75, 3.05) is 50.3 Å². The molecule has 0 spiro atoms. The van der Waals surface area contributed by atoms with E-state index in [9.17, 15) is 29.4 Å². The summed E-state index contributed by atoms with van der Waals surface area (Å²) in [7, 11) is 0. The van der Waals surface area contributed by atoms with Crippen LogP contribution in [0.25, 0.3) is 11.4 Å². The Morgan fingerprint density at radius 1 is 0.636 bits per heavy atom. The van der Waals surface area contributed by atoms with Gasteiger partial charge in [-0.2, -0.15) is 0 Å². The van der Waals surface area contributed by atoms with Gasteiger partial charge in [-0.15, -0.1) is 0 Å². The molecule has 0 unspecified atom stereocenters. The van der Waals surface area contributed by atoms with E-state index in [1.54, 1.807) is 50.7 Å². The molecule has 0 bridgehead atoms. The number of rotatable bonds is 17. The fourth-order valence-corrected chi connectivity index (χ4v) is 4.02. The van der Waals surface area contributed by atoms with Crippen LogP contribution in [0, 0.1) is 13.8 Å². The molecule has 0 aliphatic rings. The number of imidazole rings is 2. The Bertz CT molecular complexity index is 1250. The number of ether oxygens (including phenoxy) is 4. The molecule has 0 radical (unpaired) electrons. The molecule has 0 atom stereocenters. The third-order valence-corrected chi connectivity index (χ3v) is 5.88. The van der Waals surface area contributed by atoms with Gasteiger partial charge in [0, 0.05) is 25.5 Å². The second-order valence-corrected chi connectivity index (χ2v) is 8.75. The summed E-state index contributed by atoms with van der Waals surface area (Å²) in [6.07, 6.45) is 2.24. The van der Waals surface area contributed by atoms with Crippen LogP contribution in [0.3, 0.4) is 0 Å². The van der Waals surface area contributed by atoms with Crippen molar-refractivity contribution in [1.82, 2.24) is 19.1 Å². The molecular weight excluding hydrogens is 580 g/mol. The van der Waals surface area contributed by atoms with Gasteiger partial charge in [0.25, 0.3) is 0 Å². The van der Waals surface area contributed by atoms with Gasteiger partial charge in [0.1, 0.15) is 34.7 Å². The molecule has 2 heterocycles. The van der Waals surface area contributed by atoms with Gasteiger partial charge in [-0.3, -0.25) is 0 Å². The third-order valence-electron chi connectivity index (χ3n) is 5.88. The van der Waals surface area contributed by atoms with Crippen molar-refractivity contribution < 1.29 is 48.3 Å². The maximum absolute atomic E-state index is 12.6. The van der Waals surface area contributed by atoms with Gasteiger partial charge < -0.3 is 48.9 Å². The molecule has 16 heteroatoms. The molecule has 2 aromatic rings. The van der Waals surface area contributed by atoms with Crippen LogP contribution in [-0.2, 0) is 51.2 Å². The Balaban J connectivity index is 2.78. The van der Waals surface area contributed by atoms with Gasteiger partial charge in [-0.25, -0.2) is 29.1 Å². The standard InChI is InChI=1S/C28H40N6O10/c1-7-41-25(37)19(26(38)42-8-2)15-29-23-21(31-17(5)33(23)11-13-35)22-24(34(12-14-36)18(6)32-22)30-16-20(27(39)43-9-3)28(40)44-10-4/h15-16,29-30,35-36H,7-14H2,1-6H3. The molecule has 0 aliphatic heterocycles. The predicted molar refractivity (Wildman–Crippen MR) is 157 cm³/mol. The number of aliphatic hydroxyl groups is 2. The summed E-state index contributed by atoms with van der Waals surface area (Å²) in [5.74, 6) is -2.30. The number of aromatic nitrogens is 4. The molecule has 0 fully saturated rings. The first-order valence-electron chi connectivity index (χ1n) is 14.1. The Labute approximate surface area is 254 Å². The van der Waals surface area contributed by atoms with E-state index in [0.29, 0.717) is 11.6 Å². The minimum absolute atomic E-state index is 0.0199. The van der Waals surface area contributed by atoms with E-state index in [0.717, 1.165) is 12.4 Å². The lowest BCUT2D eigenvalue weighted by atomic mass is 10.2. The Kier molecular flexibility index (Phi) is 14.1. The fraction of sp³-hybridized carbons (Fsp3) is 0.500. The SMILES string of the molecule is CCOC(=O)C(=CNc1c(-c2nc(C)n(CCO)c2NC=C(C(=O)OCC)C(=O)OCC)nc(C)n1CCO)C(=O)OCC. The van der Waals surface area contributed by atoms with Crippen LogP contribution in [0.4, 0.5) is 11.6 Å². The summed E-state index contributed by atoms with van der Waals surface area (Å²) >= 11 is 0. The molecule has 0 aliphatic carbocycles. The summed E-state index contributed by atoms with van der Waals surface area (Å²) in [5.41, 5.74) is -0.399. The lowest BCUT2D eigenvalue weighted by Crippen LogP contribution is -2.20. The summed E-state index contributed by atoms with van der Waals surface area (Å²) in [5, 5.41) is 25.4. The van der Waals surface area contributed by atoms with Crippen molar-refractivity contribution in [3.05, 3.63) is 35.2 Å². The zero-order valence-corrected chi connectivity index (χ0v) is 25.8. The number of hydrogen-bond acceptors (Lipinski definition) is 14. The Morgan fingerprint density at radius 2 is 0.932 bits per heavy atom. The van der Waals surface area contributed by atoms with Crippen LogP contribution in [0.2, 0.25) is 0 Å². The average molecular weight is 621 g/mol. The minimum Gasteiger partial charge on any atom is -0.462 e. The number of carbonyl (C=O) groups is 4. The molecule has 16 nitrogen and oxygen atoms in total. The summed E-state index contributed by atoms with van der Waals surface area (Å²) in [6.45, 7) is 9.42. The summed E-state index contributed by atoms with van der Waals surface area (Å²) in [4.78, 5) is 59.4. The van der Waals surface area contributed by atoms with Gasteiger partial charge in [0.05, 0.1) is 39.6 Å².